The van der Waals surface area contributed by atoms with E-state index in [0.717, 1.165) is 22.8 Å². The summed E-state index contributed by atoms with van der Waals surface area (Å²) in [4.78, 5) is 8.09. The van der Waals surface area contributed by atoms with Crippen LogP contribution in [0.4, 0.5) is 11.4 Å². The molecule has 0 bridgehead atoms. The summed E-state index contributed by atoms with van der Waals surface area (Å²) in [7, 11) is 1.65. The molecule has 16 heavy (non-hydrogen) atoms. The van der Waals surface area contributed by atoms with Crippen molar-refractivity contribution in [1.82, 2.24) is 9.97 Å². The molecule has 0 aliphatic rings. The fourth-order valence-corrected chi connectivity index (χ4v) is 1.37. The van der Waals surface area contributed by atoms with Gasteiger partial charge in [-0.25, -0.2) is 9.97 Å². The second kappa shape index (κ2) is 4.61. The molecule has 0 saturated carbocycles. The van der Waals surface area contributed by atoms with Crippen molar-refractivity contribution in [2.45, 2.75) is 6.92 Å². The molecule has 0 fully saturated rings. The summed E-state index contributed by atoms with van der Waals surface area (Å²) < 4.78 is 5.15. The Bertz CT molecular complexity index is 485. The van der Waals surface area contributed by atoms with Gasteiger partial charge in [-0.05, 0) is 19.1 Å². The number of aromatic nitrogens is 2. The van der Waals surface area contributed by atoms with Crippen LogP contribution in [0.2, 0.25) is 0 Å². The fraction of sp³-hybridized carbons (Fsp3) is 0.167. The van der Waals surface area contributed by atoms with Crippen LogP contribution in [0.25, 0.3) is 0 Å². The number of anilines is 2. The Balaban J connectivity index is 2.24. The van der Waals surface area contributed by atoms with Gasteiger partial charge in [0.15, 0.2) is 0 Å². The summed E-state index contributed by atoms with van der Waals surface area (Å²) in [6.45, 7) is 1.93. The number of ether oxygens (including phenoxy) is 1. The summed E-state index contributed by atoms with van der Waals surface area (Å²) in [5.74, 6) is 0.819. The normalized spacial score (nSPS) is 9.88. The number of methoxy groups -OCH3 is 1. The molecule has 0 atom stereocenters. The van der Waals surface area contributed by atoms with E-state index in [1.807, 2.05) is 31.2 Å². The van der Waals surface area contributed by atoms with Crippen LogP contribution in [0, 0.1) is 6.92 Å². The zero-order valence-corrected chi connectivity index (χ0v) is 9.27. The second-order valence-electron chi connectivity index (χ2n) is 3.38. The third-order valence-electron chi connectivity index (χ3n) is 2.26. The molecule has 0 unspecified atom stereocenters. The number of hydrogen-bond acceptors (Lipinski definition) is 4. The fourth-order valence-electron chi connectivity index (χ4n) is 1.37. The number of rotatable bonds is 3. The van der Waals surface area contributed by atoms with E-state index in [2.05, 4.69) is 15.3 Å². The average molecular weight is 215 g/mol. The molecule has 1 N–H and O–H groups in total. The highest BCUT2D eigenvalue weighted by atomic mass is 16.5. The first-order valence-electron chi connectivity index (χ1n) is 4.97. The van der Waals surface area contributed by atoms with Gasteiger partial charge in [-0.1, -0.05) is 6.07 Å². The molecule has 0 aliphatic carbocycles. The van der Waals surface area contributed by atoms with Gasteiger partial charge in [-0.15, -0.1) is 0 Å². The Kier molecular flexibility index (Phi) is 3.00. The molecule has 4 nitrogen and oxygen atoms in total. The lowest BCUT2D eigenvalue weighted by Crippen LogP contribution is -1.96. The standard InChI is InChI=1S/C12H13N3O/c1-9-12(7-13-8-14-9)15-10-4-3-5-11(6-10)16-2/h3-8,15H,1-2H3. The van der Waals surface area contributed by atoms with E-state index in [9.17, 15) is 0 Å². The van der Waals surface area contributed by atoms with Gasteiger partial charge < -0.3 is 10.1 Å². The minimum absolute atomic E-state index is 0.819. The Morgan fingerprint density at radius 1 is 1.31 bits per heavy atom. The van der Waals surface area contributed by atoms with Crippen LogP contribution in [0.5, 0.6) is 5.75 Å². The van der Waals surface area contributed by atoms with Gasteiger partial charge in [0.05, 0.1) is 24.7 Å². The van der Waals surface area contributed by atoms with Gasteiger partial charge in [0, 0.05) is 11.8 Å². The maximum Gasteiger partial charge on any atom is 0.120 e. The number of nitrogens with one attached hydrogen (secondary N) is 1. The zero-order valence-electron chi connectivity index (χ0n) is 9.27. The highest BCUT2D eigenvalue weighted by Gasteiger charge is 2.00. The maximum atomic E-state index is 5.15. The molecule has 0 saturated heterocycles. The average Bonchev–Trinajstić information content (AvgIpc) is 2.32. The first kappa shape index (κ1) is 10.4. The van der Waals surface area contributed by atoms with Crippen molar-refractivity contribution in [2.24, 2.45) is 0 Å². The second-order valence-corrected chi connectivity index (χ2v) is 3.38. The van der Waals surface area contributed by atoms with Crippen molar-refractivity contribution in [3.8, 4) is 5.75 Å². The van der Waals surface area contributed by atoms with Crippen molar-refractivity contribution >= 4 is 11.4 Å². The third-order valence-corrected chi connectivity index (χ3v) is 2.26. The van der Waals surface area contributed by atoms with Crippen molar-refractivity contribution < 1.29 is 4.74 Å². The molecule has 0 amide bonds. The lowest BCUT2D eigenvalue weighted by atomic mass is 10.3. The van der Waals surface area contributed by atoms with Crippen molar-refractivity contribution in [3.63, 3.8) is 0 Å². The first-order chi connectivity index (χ1) is 7.79. The topological polar surface area (TPSA) is 47.0 Å². The molecule has 1 aromatic carbocycles. The minimum atomic E-state index is 0.819. The molecule has 2 aromatic rings. The van der Waals surface area contributed by atoms with Crippen molar-refractivity contribution in [1.29, 1.82) is 0 Å². The van der Waals surface area contributed by atoms with E-state index >= 15 is 0 Å². The number of nitrogens with zero attached hydrogens (tertiary/aromatic N) is 2. The van der Waals surface area contributed by atoms with E-state index in [1.54, 1.807) is 13.3 Å². The van der Waals surface area contributed by atoms with Crippen LogP contribution in [-0.2, 0) is 0 Å². The Morgan fingerprint density at radius 3 is 2.94 bits per heavy atom. The summed E-state index contributed by atoms with van der Waals surface area (Å²) in [6, 6.07) is 7.72. The number of aryl methyl sites for hydroxylation is 1. The summed E-state index contributed by atoms with van der Waals surface area (Å²) in [5.41, 5.74) is 2.77. The lowest BCUT2D eigenvalue weighted by Gasteiger charge is -2.08. The van der Waals surface area contributed by atoms with Gasteiger partial charge in [0.2, 0.25) is 0 Å². The van der Waals surface area contributed by atoms with Gasteiger partial charge in [-0.3, -0.25) is 0 Å². The van der Waals surface area contributed by atoms with Crippen LogP contribution < -0.4 is 10.1 Å². The maximum absolute atomic E-state index is 5.15. The largest absolute Gasteiger partial charge is 0.497 e. The van der Waals surface area contributed by atoms with Gasteiger partial charge >= 0.3 is 0 Å². The predicted molar refractivity (Wildman–Crippen MR) is 63.0 cm³/mol. The third kappa shape index (κ3) is 2.28. The van der Waals surface area contributed by atoms with E-state index < -0.39 is 0 Å². The molecular weight excluding hydrogens is 202 g/mol. The highest BCUT2D eigenvalue weighted by Crippen LogP contribution is 2.21. The first-order valence-corrected chi connectivity index (χ1v) is 4.97. The Hall–Kier alpha value is -2.10. The highest BCUT2D eigenvalue weighted by molar-refractivity contribution is 5.61. The quantitative estimate of drug-likeness (QED) is 0.854. The monoisotopic (exact) mass is 215 g/mol. The zero-order chi connectivity index (χ0) is 11.4. The molecule has 0 aliphatic heterocycles. The summed E-state index contributed by atoms with van der Waals surface area (Å²) in [6.07, 6.45) is 3.29. The summed E-state index contributed by atoms with van der Waals surface area (Å²) >= 11 is 0. The van der Waals surface area contributed by atoms with Crippen LogP contribution >= 0.6 is 0 Å². The molecule has 2 rings (SSSR count). The van der Waals surface area contributed by atoms with Crippen LogP contribution in [-0.4, -0.2) is 17.1 Å². The molecule has 0 spiro atoms. The Labute approximate surface area is 94.3 Å². The van der Waals surface area contributed by atoms with Gasteiger partial charge in [-0.2, -0.15) is 0 Å². The predicted octanol–water partition coefficient (Wildman–Crippen LogP) is 2.54. The number of benzene rings is 1. The van der Waals surface area contributed by atoms with E-state index in [0.29, 0.717) is 0 Å². The van der Waals surface area contributed by atoms with Crippen LogP contribution in [0.1, 0.15) is 5.69 Å². The molecule has 1 aromatic heterocycles. The van der Waals surface area contributed by atoms with Gasteiger partial charge in [0.1, 0.15) is 12.1 Å². The molecular formula is C12H13N3O. The van der Waals surface area contributed by atoms with Crippen molar-refractivity contribution in [2.75, 3.05) is 12.4 Å². The smallest absolute Gasteiger partial charge is 0.120 e. The SMILES string of the molecule is COc1cccc(Nc2cncnc2C)c1. The van der Waals surface area contributed by atoms with E-state index in [4.69, 9.17) is 4.74 Å². The van der Waals surface area contributed by atoms with E-state index in [1.165, 1.54) is 6.33 Å². The van der Waals surface area contributed by atoms with E-state index in [-0.39, 0.29) is 0 Å². The molecule has 82 valence electrons. The van der Waals surface area contributed by atoms with Gasteiger partial charge in [0.25, 0.3) is 0 Å². The van der Waals surface area contributed by atoms with Crippen LogP contribution in [0.15, 0.2) is 36.8 Å². The lowest BCUT2D eigenvalue weighted by molar-refractivity contribution is 0.415. The molecule has 4 heteroatoms. The summed E-state index contributed by atoms with van der Waals surface area (Å²) in [5, 5.41) is 3.24. The number of hydrogen-bond donors (Lipinski definition) is 1. The molecule has 1 heterocycles. The van der Waals surface area contributed by atoms with Crippen molar-refractivity contribution in [3.05, 3.63) is 42.5 Å². The Morgan fingerprint density at radius 2 is 2.19 bits per heavy atom. The van der Waals surface area contributed by atoms with Crippen LogP contribution in [0.3, 0.4) is 0 Å². The molecule has 0 radical (unpaired) electrons. The minimum Gasteiger partial charge on any atom is -0.497 e.